The molecule has 124 valence electrons. The molecule has 0 bridgehead atoms. The van der Waals surface area contributed by atoms with Crippen molar-refractivity contribution in [2.24, 2.45) is 0 Å². The maximum Gasteiger partial charge on any atom is 0.330 e. The van der Waals surface area contributed by atoms with Gasteiger partial charge in [0.1, 0.15) is 0 Å². The second kappa shape index (κ2) is 8.09. The van der Waals surface area contributed by atoms with Gasteiger partial charge in [0.25, 0.3) is 0 Å². The van der Waals surface area contributed by atoms with Gasteiger partial charge in [0.2, 0.25) is 0 Å². The molecule has 1 fully saturated rings. The summed E-state index contributed by atoms with van der Waals surface area (Å²) in [4.78, 5) is 11.1. The van der Waals surface area contributed by atoms with E-state index >= 15 is 0 Å². The van der Waals surface area contributed by atoms with E-state index in [0.29, 0.717) is 6.42 Å². The van der Waals surface area contributed by atoms with Crippen molar-refractivity contribution in [2.75, 3.05) is 7.11 Å². The smallest absolute Gasteiger partial charge is 0.330 e. The average molecular weight is 316 g/mol. The Labute approximate surface area is 137 Å². The van der Waals surface area contributed by atoms with Crippen LogP contribution in [-0.2, 0) is 19.0 Å². The predicted octanol–water partition coefficient (Wildman–Crippen LogP) is 3.73. The van der Waals surface area contributed by atoms with E-state index in [1.165, 1.54) is 13.2 Å². The Bertz CT molecular complexity index is 560. The topological polar surface area (TPSA) is 44.8 Å². The molecule has 0 aromatic heterocycles. The van der Waals surface area contributed by atoms with Crippen LogP contribution in [0.1, 0.15) is 32.3 Å². The highest BCUT2D eigenvalue weighted by Gasteiger charge is 2.33. The van der Waals surface area contributed by atoms with E-state index in [1.807, 2.05) is 32.0 Å². The third-order valence-electron chi connectivity index (χ3n) is 3.54. The van der Waals surface area contributed by atoms with Gasteiger partial charge in [-0.2, -0.15) is 0 Å². The van der Waals surface area contributed by atoms with Gasteiger partial charge in [-0.25, -0.2) is 4.79 Å². The quantitative estimate of drug-likeness (QED) is 0.613. The molecule has 0 N–H and O–H groups in total. The molecule has 0 radical (unpaired) electrons. The third kappa shape index (κ3) is 6.00. The molecular formula is C19H24O4. The Morgan fingerprint density at radius 1 is 1.30 bits per heavy atom. The van der Waals surface area contributed by atoms with Crippen LogP contribution in [0.2, 0.25) is 0 Å². The van der Waals surface area contributed by atoms with Crippen LogP contribution < -0.4 is 0 Å². The average Bonchev–Trinajstić information content (AvgIpc) is 2.52. The van der Waals surface area contributed by atoms with E-state index in [-0.39, 0.29) is 18.2 Å². The van der Waals surface area contributed by atoms with Crippen LogP contribution in [0.25, 0.3) is 6.08 Å². The lowest BCUT2D eigenvalue weighted by molar-refractivity contribution is -0.289. The van der Waals surface area contributed by atoms with Gasteiger partial charge in [-0.1, -0.05) is 48.6 Å². The second-order valence-corrected chi connectivity index (χ2v) is 5.96. The van der Waals surface area contributed by atoms with Crippen molar-refractivity contribution in [2.45, 2.75) is 44.7 Å². The molecule has 0 aliphatic carbocycles. The van der Waals surface area contributed by atoms with Crippen molar-refractivity contribution < 1.29 is 19.0 Å². The number of rotatable bonds is 5. The van der Waals surface area contributed by atoms with Crippen molar-refractivity contribution in [3.8, 4) is 0 Å². The number of carbonyl (C=O) groups is 1. The van der Waals surface area contributed by atoms with Gasteiger partial charge in [-0.05, 0) is 25.8 Å². The van der Waals surface area contributed by atoms with Crippen molar-refractivity contribution >= 4 is 12.0 Å². The Kier molecular flexibility index (Phi) is 6.13. The summed E-state index contributed by atoms with van der Waals surface area (Å²) in [6.45, 7) is 3.82. The molecule has 0 amide bonds. The third-order valence-corrected chi connectivity index (χ3v) is 3.54. The zero-order valence-corrected chi connectivity index (χ0v) is 13.9. The van der Waals surface area contributed by atoms with E-state index in [1.54, 1.807) is 6.08 Å². The SMILES string of the molecule is COC(=O)/C=C\C[C@@H]1C[C@@H](/C=C/c2ccccc2)OC(C)(C)O1. The maximum absolute atomic E-state index is 11.1. The van der Waals surface area contributed by atoms with E-state index < -0.39 is 5.79 Å². The Hall–Kier alpha value is -1.91. The first-order valence-corrected chi connectivity index (χ1v) is 7.82. The first-order chi connectivity index (χ1) is 11.0. The van der Waals surface area contributed by atoms with Crippen LogP contribution in [0.3, 0.4) is 0 Å². The van der Waals surface area contributed by atoms with Gasteiger partial charge in [0, 0.05) is 12.5 Å². The van der Waals surface area contributed by atoms with Gasteiger partial charge in [-0.15, -0.1) is 0 Å². The molecule has 1 aliphatic heterocycles. The summed E-state index contributed by atoms with van der Waals surface area (Å²) in [6.07, 6.45) is 8.73. The molecule has 0 unspecified atom stereocenters. The van der Waals surface area contributed by atoms with Crippen molar-refractivity contribution in [3.05, 3.63) is 54.1 Å². The monoisotopic (exact) mass is 316 g/mol. The maximum atomic E-state index is 11.1. The molecule has 0 spiro atoms. The van der Waals surface area contributed by atoms with Crippen LogP contribution in [0.4, 0.5) is 0 Å². The fourth-order valence-electron chi connectivity index (χ4n) is 2.58. The van der Waals surface area contributed by atoms with Crippen LogP contribution in [0.15, 0.2) is 48.6 Å². The highest BCUT2D eigenvalue weighted by molar-refractivity contribution is 5.81. The molecule has 1 aromatic carbocycles. The summed E-state index contributed by atoms with van der Waals surface area (Å²) in [5.74, 6) is -0.995. The minimum Gasteiger partial charge on any atom is -0.466 e. The van der Waals surface area contributed by atoms with Crippen molar-refractivity contribution in [3.63, 3.8) is 0 Å². The van der Waals surface area contributed by atoms with E-state index in [9.17, 15) is 4.79 Å². The molecule has 23 heavy (non-hydrogen) atoms. The number of carbonyl (C=O) groups excluding carboxylic acids is 1. The van der Waals surface area contributed by atoms with E-state index in [4.69, 9.17) is 9.47 Å². The summed E-state index contributed by atoms with van der Waals surface area (Å²) >= 11 is 0. The van der Waals surface area contributed by atoms with Crippen molar-refractivity contribution in [1.29, 1.82) is 0 Å². The summed E-state index contributed by atoms with van der Waals surface area (Å²) in [6, 6.07) is 10.1. The molecule has 1 aliphatic rings. The standard InChI is InChI=1S/C19H24O4/c1-19(2)22-16(10-7-11-18(20)21-3)14-17(23-19)13-12-15-8-5-4-6-9-15/h4-9,11-13,16-17H,10,14H2,1-3H3/b11-7-,13-12+/t16-,17-/m1/s1. The zero-order chi connectivity index (χ0) is 16.7. The Morgan fingerprint density at radius 2 is 2.04 bits per heavy atom. The van der Waals surface area contributed by atoms with Gasteiger partial charge < -0.3 is 14.2 Å². The first-order valence-electron chi connectivity index (χ1n) is 7.82. The van der Waals surface area contributed by atoms with Gasteiger partial charge in [0.05, 0.1) is 19.3 Å². The Balaban J connectivity index is 1.97. The summed E-state index contributed by atoms with van der Waals surface area (Å²) in [5, 5.41) is 0. The predicted molar refractivity (Wildman–Crippen MR) is 89.7 cm³/mol. The van der Waals surface area contributed by atoms with Gasteiger partial charge >= 0.3 is 5.97 Å². The van der Waals surface area contributed by atoms with Crippen LogP contribution >= 0.6 is 0 Å². The summed E-state index contributed by atoms with van der Waals surface area (Å²) in [5.41, 5.74) is 1.14. The fraction of sp³-hybridized carbons (Fsp3) is 0.421. The molecule has 2 rings (SSSR count). The minimum absolute atomic E-state index is 0.00470. The lowest BCUT2D eigenvalue weighted by atomic mass is 10.0. The summed E-state index contributed by atoms with van der Waals surface area (Å²) < 4.78 is 16.4. The number of ether oxygens (including phenoxy) is 3. The highest BCUT2D eigenvalue weighted by atomic mass is 16.7. The second-order valence-electron chi connectivity index (χ2n) is 5.96. The number of esters is 1. The number of methoxy groups -OCH3 is 1. The van der Waals surface area contributed by atoms with Crippen LogP contribution in [-0.4, -0.2) is 31.1 Å². The molecule has 2 atom stereocenters. The molecule has 1 heterocycles. The number of hydrogen-bond donors (Lipinski definition) is 0. The molecule has 1 saturated heterocycles. The molecule has 4 nitrogen and oxygen atoms in total. The van der Waals surface area contributed by atoms with Gasteiger partial charge in [-0.3, -0.25) is 0 Å². The van der Waals surface area contributed by atoms with E-state index in [0.717, 1.165) is 12.0 Å². The molecule has 1 aromatic rings. The fourth-order valence-corrected chi connectivity index (χ4v) is 2.58. The zero-order valence-electron chi connectivity index (χ0n) is 13.9. The number of benzene rings is 1. The van der Waals surface area contributed by atoms with E-state index in [2.05, 4.69) is 29.0 Å². The summed E-state index contributed by atoms with van der Waals surface area (Å²) in [7, 11) is 1.37. The number of hydrogen-bond acceptors (Lipinski definition) is 4. The molecular weight excluding hydrogens is 292 g/mol. The molecule has 4 heteroatoms. The lowest BCUT2D eigenvalue weighted by Gasteiger charge is -2.39. The van der Waals surface area contributed by atoms with Crippen LogP contribution in [0, 0.1) is 0 Å². The normalized spacial score (nSPS) is 24.1. The molecule has 0 saturated carbocycles. The highest BCUT2D eigenvalue weighted by Crippen LogP contribution is 2.29. The lowest BCUT2D eigenvalue weighted by Crippen LogP contribution is -2.43. The minimum atomic E-state index is -0.645. The largest absolute Gasteiger partial charge is 0.466 e. The van der Waals surface area contributed by atoms with Gasteiger partial charge in [0.15, 0.2) is 5.79 Å². The van der Waals surface area contributed by atoms with Crippen LogP contribution in [0.5, 0.6) is 0 Å². The van der Waals surface area contributed by atoms with Crippen molar-refractivity contribution in [1.82, 2.24) is 0 Å². The first kappa shape index (κ1) is 17.4. The Morgan fingerprint density at radius 3 is 2.74 bits per heavy atom.